The molecule has 0 aliphatic rings. The second kappa shape index (κ2) is 6.16. The minimum atomic E-state index is 0.943. The van der Waals surface area contributed by atoms with Crippen molar-refractivity contribution >= 4 is 43.3 Å². The quantitative estimate of drug-likeness (QED) is 0.595. The summed E-state index contributed by atoms with van der Waals surface area (Å²) in [5.74, 6) is 0. The highest BCUT2D eigenvalue weighted by Crippen LogP contribution is 2.21. The Hall–Kier alpha value is -1.13. The maximum Gasteiger partial charge on any atom is 0.0703 e. The van der Waals surface area contributed by atoms with Crippen LogP contribution >= 0.6 is 31.9 Å². The molecule has 0 aliphatic carbocycles. The van der Waals surface area contributed by atoms with Gasteiger partial charge in [-0.05, 0) is 52.7 Å². The molecule has 1 N–H and O–H groups in total. The summed E-state index contributed by atoms with van der Waals surface area (Å²) in [6, 6.07) is 16.0. The van der Waals surface area contributed by atoms with E-state index in [1.165, 1.54) is 0 Å². The fourth-order valence-electron chi connectivity index (χ4n) is 1.45. The van der Waals surface area contributed by atoms with Crippen molar-refractivity contribution < 1.29 is 0 Å². The standard InChI is InChI=1S/C14H12Br2N2/c1-10(11-6-8-12(15)9-7-11)17-18-14-5-3-2-4-13(14)16/h2-9,18H,1H3/b17-10-. The zero-order chi connectivity index (χ0) is 13.0. The maximum atomic E-state index is 4.38. The summed E-state index contributed by atoms with van der Waals surface area (Å²) in [4.78, 5) is 0. The Morgan fingerprint density at radius 1 is 1.00 bits per heavy atom. The Kier molecular flexibility index (Phi) is 4.55. The molecule has 0 radical (unpaired) electrons. The van der Waals surface area contributed by atoms with Crippen LogP contribution in [-0.2, 0) is 0 Å². The third kappa shape index (κ3) is 3.43. The molecule has 0 fully saturated rings. The topological polar surface area (TPSA) is 24.4 Å². The van der Waals surface area contributed by atoms with Gasteiger partial charge in [0.2, 0.25) is 0 Å². The lowest BCUT2D eigenvalue weighted by Crippen LogP contribution is -1.99. The molecule has 0 saturated heterocycles. The van der Waals surface area contributed by atoms with Crippen LogP contribution in [0.5, 0.6) is 0 Å². The molecule has 2 nitrogen and oxygen atoms in total. The smallest absolute Gasteiger partial charge is 0.0703 e. The second-order valence-corrected chi connectivity index (χ2v) is 5.57. The summed E-state index contributed by atoms with van der Waals surface area (Å²) in [5, 5.41) is 4.38. The minimum Gasteiger partial charge on any atom is -0.277 e. The van der Waals surface area contributed by atoms with Gasteiger partial charge in [-0.3, -0.25) is 5.43 Å². The first-order valence-corrected chi connectivity index (χ1v) is 7.06. The lowest BCUT2D eigenvalue weighted by molar-refractivity contribution is 1.31. The molecule has 0 heterocycles. The molecule has 0 aromatic heterocycles. The van der Waals surface area contributed by atoms with E-state index in [-0.39, 0.29) is 0 Å². The number of anilines is 1. The first-order chi connectivity index (χ1) is 8.66. The Bertz CT molecular complexity index is 562. The van der Waals surface area contributed by atoms with Crippen LogP contribution in [0.1, 0.15) is 12.5 Å². The van der Waals surface area contributed by atoms with Crippen LogP contribution in [0.2, 0.25) is 0 Å². The molecule has 0 bridgehead atoms. The SMILES string of the molecule is C/C(=N/Nc1ccccc1Br)c1ccc(Br)cc1. The number of hydrogen-bond acceptors (Lipinski definition) is 2. The van der Waals surface area contributed by atoms with E-state index in [0.29, 0.717) is 0 Å². The third-order valence-corrected chi connectivity index (χ3v) is 3.70. The average molecular weight is 368 g/mol. The normalized spacial score (nSPS) is 11.4. The highest BCUT2D eigenvalue weighted by Gasteiger charge is 1.99. The van der Waals surface area contributed by atoms with Gasteiger partial charge in [-0.1, -0.05) is 40.2 Å². The molecule has 18 heavy (non-hydrogen) atoms. The van der Waals surface area contributed by atoms with Crippen molar-refractivity contribution in [2.75, 3.05) is 5.43 Å². The van der Waals surface area contributed by atoms with Crippen molar-refractivity contribution in [1.29, 1.82) is 0 Å². The van der Waals surface area contributed by atoms with E-state index < -0.39 is 0 Å². The zero-order valence-electron chi connectivity index (χ0n) is 9.82. The molecule has 0 saturated carbocycles. The molecule has 92 valence electrons. The van der Waals surface area contributed by atoms with Gasteiger partial charge in [-0.25, -0.2) is 0 Å². The summed E-state index contributed by atoms with van der Waals surface area (Å²) in [7, 11) is 0. The summed E-state index contributed by atoms with van der Waals surface area (Å²) in [5.41, 5.74) is 6.05. The highest BCUT2D eigenvalue weighted by atomic mass is 79.9. The number of halogens is 2. The first kappa shape index (κ1) is 13.3. The van der Waals surface area contributed by atoms with Crippen LogP contribution in [0.3, 0.4) is 0 Å². The Labute approximate surface area is 123 Å². The van der Waals surface area contributed by atoms with E-state index in [1.54, 1.807) is 0 Å². The maximum absolute atomic E-state index is 4.38. The van der Waals surface area contributed by atoms with Crippen molar-refractivity contribution in [3.8, 4) is 0 Å². The van der Waals surface area contributed by atoms with Gasteiger partial charge in [0.05, 0.1) is 11.4 Å². The van der Waals surface area contributed by atoms with Gasteiger partial charge in [-0.15, -0.1) is 0 Å². The number of nitrogens with zero attached hydrogens (tertiary/aromatic N) is 1. The average Bonchev–Trinajstić information content (AvgIpc) is 2.38. The van der Waals surface area contributed by atoms with Crippen molar-refractivity contribution in [2.24, 2.45) is 5.10 Å². The van der Waals surface area contributed by atoms with E-state index >= 15 is 0 Å². The van der Waals surface area contributed by atoms with Crippen molar-refractivity contribution in [3.63, 3.8) is 0 Å². The lowest BCUT2D eigenvalue weighted by atomic mass is 10.1. The molecule has 2 aromatic carbocycles. The van der Waals surface area contributed by atoms with Crippen molar-refractivity contribution in [2.45, 2.75) is 6.92 Å². The number of benzene rings is 2. The van der Waals surface area contributed by atoms with Crippen LogP contribution in [0, 0.1) is 0 Å². The van der Waals surface area contributed by atoms with Gasteiger partial charge < -0.3 is 0 Å². The molecule has 0 aliphatic heterocycles. The molecule has 0 amide bonds. The van der Waals surface area contributed by atoms with Crippen LogP contribution in [0.4, 0.5) is 5.69 Å². The van der Waals surface area contributed by atoms with Gasteiger partial charge in [0.25, 0.3) is 0 Å². The number of hydrazone groups is 1. The highest BCUT2D eigenvalue weighted by molar-refractivity contribution is 9.10. The Balaban J connectivity index is 2.14. The van der Waals surface area contributed by atoms with Crippen molar-refractivity contribution in [1.82, 2.24) is 0 Å². The summed E-state index contributed by atoms with van der Waals surface area (Å²) >= 11 is 6.89. The van der Waals surface area contributed by atoms with E-state index in [9.17, 15) is 0 Å². The predicted octanol–water partition coefficient (Wildman–Crippen LogP) is 5.05. The van der Waals surface area contributed by atoms with Gasteiger partial charge in [0.15, 0.2) is 0 Å². The van der Waals surface area contributed by atoms with Gasteiger partial charge >= 0.3 is 0 Å². The van der Waals surface area contributed by atoms with E-state index in [2.05, 4.69) is 42.4 Å². The van der Waals surface area contributed by atoms with Gasteiger partial charge in [0.1, 0.15) is 0 Å². The Morgan fingerprint density at radius 3 is 2.33 bits per heavy atom. The number of rotatable bonds is 3. The number of hydrogen-bond donors (Lipinski definition) is 1. The Morgan fingerprint density at radius 2 is 1.67 bits per heavy atom. The van der Waals surface area contributed by atoms with E-state index in [1.807, 2.05) is 55.5 Å². The largest absolute Gasteiger partial charge is 0.277 e. The van der Waals surface area contributed by atoms with Crippen LogP contribution in [-0.4, -0.2) is 5.71 Å². The van der Waals surface area contributed by atoms with Crippen LogP contribution < -0.4 is 5.43 Å². The molecular formula is C14H12Br2N2. The fraction of sp³-hybridized carbons (Fsp3) is 0.0714. The molecule has 0 unspecified atom stereocenters. The molecule has 0 spiro atoms. The van der Waals surface area contributed by atoms with Gasteiger partial charge in [0, 0.05) is 8.95 Å². The third-order valence-electron chi connectivity index (χ3n) is 2.48. The van der Waals surface area contributed by atoms with Gasteiger partial charge in [-0.2, -0.15) is 5.10 Å². The summed E-state index contributed by atoms with van der Waals surface area (Å²) in [6.07, 6.45) is 0. The lowest BCUT2D eigenvalue weighted by Gasteiger charge is -2.05. The second-order valence-electron chi connectivity index (χ2n) is 3.80. The summed E-state index contributed by atoms with van der Waals surface area (Å²) < 4.78 is 2.06. The van der Waals surface area contributed by atoms with E-state index in [0.717, 1.165) is 25.9 Å². The minimum absolute atomic E-state index is 0.943. The van der Waals surface area contributed by atoms with Crippen LogP contribution in [0.15, 0.2) is 62.6 Å². The molecule has 0 atom stereocenters. The molecule has 2 rings (SSSR count). The monoisotopic (exact) mass is 366 g/mol. The number of para-hydroxylation sites is 1. The van der Waals surface area contributed by atoms with E-state index in [4.69, 9.17) is 0 Å². The first-order valence-electron chi connectivity index (χ1n) is 5.47. The molecule has 2 aromatic rings. The summed E-state index contributed by atoms with van der Waals surface area (Å²) in [6.45, 7) is 1.98. The molecule has 4 heteroatoms. The van der Waals surface area contributed by atoms with Crippen LogP contribution in [0.25, 0.3) is 0 Å². The molecular weight excluding hydrogens is 356 g/mol. The van der Waals surface area contributed by atoms with Crippen molar-refractivity contribution in [3.05, 3.63) is 63.0 Å². The predicted molar refractivity (Wildman–Crippen MR) is 84.1 cm³/mol. The zero-order valence-corrected chi connectivity index (χ0v) is 13.0. The number of nitrogens with one attached hydrogen (secondary N) is 1. The fourth-order valence-corrected chi connectivity index (χ4v) is 2.09.